The molecule has 4 heteroatoms. The van der Waals surface area contributed by atoms with E-state index in [0.717, 1.165) is 29.3 Å². The van der Waals surface area contributed by atoms with Crippen LogP contribution in [0.3, 0.4) is 0 Å². The zero-order valence-corrected chi connectivity index (χ0v) is 11.3. The standard InChI is InChI=1S/C15H20N2O2/c1-8-16-12(14(18)19)13(17-8)15-5-9-2-10(6-15)4-11(3-9)7-15/h9-11H,2-7H2,1H3,(H,16,17)(H,18,19). The van der Waals surface area contributed by atoms with Crippen molar-refractivity contribution in [2.75, 3.05) is 0 Å². The second kappa shape index (κ2) is 3.62. The SMILES string of the molecule is Cc1nc(C(=O)O)c(C23CC4CC(CC(C4)C2)C3)[nH]1. The summed E-state index contributed by atoms with van der Waals surface area (Å²) in [5.41, 5.74) is 1.29. The Morgan fingerprint density at radius 1 is 1.21 bits per heavy atom. The molecule has 0 aliphatic heterocycles. The Balaban J connectivity index is 1.81. The van der Waals surface area contributed by atoms with Gasteiger partial charge in [-0.1, -0.05) is 0 Å². The Morgan fingerprint density at radius 3 is 2.21 bits per heavy atom. The van der Waals surface area contributed by atoms with E-state index in [2.05, 4.69) is 9.97 Å². The van der Waals surface area contributed by atoms with Crippen molar-refractivity contribution in [3.05, 3.63) is 17.2 Å². The van der Waals surface area contributed by atoms with Crippen LogP contribution in [-0.2, 0) is 5.41 Å². The molecule has 4 aliphatic rings. The third-order valence-corrected chi connectivity index (χ3v) is 5.59. The zero-order chi connectivity index (χ0) is 13.2. The Labute approximate surface area is 112 Å². The van der Waals surface area contributed by atoms with E-state index in [9.17, 15) is 9.90 Å². The highest BCUT2D eigenvalue weighted by Crippen LogP contribution is 2.60. The third-order valence-electron chi connectivity index (χ3n) is 5.59. The van der Waals surface area contributed by atoms with E-state index in [0.29, 0.717) is 0 Å². The van der Waals surface area contributed by atoms with E-state index in [1.165, 1.54) is 38.5 Å². The number of aryl methyl sites for hydroxylation is 1. The van der Waals surface area contributed by atoms with E-state index in [1.807, 2.05) is 6.92 Å². The Kier molecular flexibility index (Phi) is 2.19. The second-order valence-corrected chi connectivity index (χ2v) is 7.05. The lowest BCUT2D eigenvalue weighted by Gasteiger charge is -2.56. The maximum absolute atomic E-state index is 11.4. The van der Waals surface area contributed by atoms with Crippen molar-refractivity contribution >= 4 is 5.97 Å². The zero-order valence-electron chi connectivity index (χ0n) is 11.3. The van der Waals surface area contributed by atoms with Gasteiger partial charge in [-0.15, -0.1) is 0 Å². The topological polar surface area (TPSA) is 66.0 Å². The molecular formula is C15H20N2O2. The molecule has 19 heavy (non-hydrogen) atoms. The van der Waals surface area contributed by atoms with Crippen LogP contribution in [0.15, 0.2) is 0 Å². The van der Waals surface area contributed by atoms with Crippen LogP contribution >= 0.6 is 0 Å². The van der Waals surface area contributed by atoms with Gasteiger partial charge in [0.05, 0.1) is 5.69 Å². The third kappa shape index (κ3) is 1.58. The van der Waals surface area contributed by atoms with Gasteiger partial charge in [-0.25, -0.2) is 9.78 Å². The highest BCUT2D eigenvalue weighted by Gasteiger charge is 2.53. The highest BCUT2D eigenvalue weighted by molar-refractivity contribution is 5.87. The minimum atomic E-state index is -0.880. The van der Waals surface area contributed by atoms with Gasteiger partial charge in [-0.05, 0) is 63.2 Å². The van der Waals surface area contributed by atoms with E-state index < -0.39 is 5.97 Å². The van der Waals surface area contributed by atoms with Gasteiger partial charge in [0.2, 0.25) is 0 Å². The van der Waals surface area contributed by atoms with Crippen LogP contribution < -0.4 is 0 Å². The fraction of sp³-hybridized carbons (Fsp3) is 0.733. The summed E-state index contributed by atoms with van der Waals surface area (Å²) < 4.78 is 0. The first kappa shape index (κ1) is 11.5. The van der Waals surface area contributed by atoms with E-state index in [1.54, 1.807) is 0 Å². The van der Waals surface area contributed by atoms with Crippen LogP contribution in [-0.4, -0.2) is 21.0 Å². The van der Waals surface area contributed by atoms with Crippen molar-refractivity contribution in [1.29, 1.82) is 0 Å². The molecule has 4 bridgehead atoms. The van der Waals surface area contributed by atoms with Crippen LogP contribution in [0.25, 0.3) is 0 Å². The molecule has 102 valence electrons. The van der Waals surface area contributed by atoms with Crippen molar-refractivity contribution in [2.24, 2.45) is 17.8 Å². The number of carbonyl (C=O) groups is 1. The average molecular weight is 260 g/mol. The summed E-state index contributed by atoms with van der Waals surface area (Å²) in [6.07, 6.45) is 7.61. The number of carboxylic acid groups (broad SMARTS) is 1. The highest BCUT2D eigenvalue weighted by atomic mass is 16.4. The average Bonchev–Trinajstić information content (AvgIpc) is 2.70. The molecule has 4 nitrogen and oxygen atoms in total. The van der Waals surface area contributed by atoms with Crippen LogP contribution in [0, 0.1) is 24.7 Å². The molecule has 0 radical (unpaired) electrons. The predicted molar refractivity (Wildman–Crippen MR) is 70.1 cm³/mol. The first-order valence-electron chi connectivity index (χ1n) is 7.36. The van der Waals surface area contributed by atoms with Crippen molar-refractivity contribution in [1.82, 2.24) is 9.97 Å². The summed E-state index contributed by atoms with van der Waals surface area (Å²) >= 11 is 0. The normalized spacial score (nSPS) is 39.7. The number of hydrogen-bond acceptors (Lipinski definition) is 2. The van der Waals surface area contributed by atoms with Gasteiger partial charge in [0, 0.05) is 5.41 Å². The van der Waals surface area contributed by atoms with Gasteiger partial charge < -0.3 is 10.1 Å². The molecule has 2 N–H and O–H groups in total. The first-order chi connectivity index (χ1) is 9.06. The number of H-pyrrole nitrogens is 1. The van der Waals surface area contributed by atoms with E-state index in [4.69, 9.17) is 0 Å². The first-order valence-corrected chi connectivity index (χ1v) is 7.36. The molecule has 1 aromatic rings. The molecular weight excluding hydrogens is 240 g/mol. The van der Waals surface area contributed by atoms with Crippen LogP contribution in [0.5, 0.6) is 0 Å². The van der Waals surface area contributed by atoms with Crippen molar-refractivity contribution in [3.8, 4) is 0 Å². The molecule has 0 amide bonds. The number of aromatic carboxylic acids is 1. The summed E-state index contributed by atoms with van der Waals surface area (Å²) in [5, 5.41) is 9.40. The number of carboxylic acids is 1. The molecule has 0 spiro atoms. The molecule has 0 saturated heterocycles. The van der Waals surface area contributed by atoms with Crippen molar-refractivity contribution < 1.29 is 9.90 Å². The monoisotopic (exact) mass is 260 g/mol. The molecule has 5 rings (SSSR count). The summed E-state index contributed by atoms with van der Waals surface area (Å²) in [7, 11) is 0. The van der Waals surface area contributed by atoms with Gasteiger partial charge >= 0.3 is 5.97 Å². The fourth-order valence-electron chi connectivity index (χ4n) is 5.45. The number of aromatic nitrogens is 2. The van der Waals surface area contributed by atoms with Crippen molar-refractivity contribution in [3.63, 3.8) is 0 Å². The number of imidazole rings is 1. The van der Waals surface area contributed by atoms with Crippen molar-refractivity contribution in [2.45, 2.75) is 50.9 Å². The molecule has 4 saturated carbocycles. The largest absolute Gasteiger partial charge is 0.476 e. The smallest absolute Gasteiger partial charge is 0.356 e. The Morgan fingerprint density at radius 2 is 1.74 bits per heavy atom. The lowest BCUT2D eigenvalue weighted by atomic mass is 9.48. The van der Waals surface area contributed by atoms with Gasteiger partial charge in [-0.3, -0.25) is 0 Å². The lowest BCUT2D eigenvalue weighted by molar-refractivity contribution is -0.00771. The maximum atomic E-state index is 11.4. The lowest BCUT2D eigenvalue weighted by Crippen LogP contribution is -2.49. The van der Waals surface area contributed by atoms with Gasteiger partial charge in [0.25, 0.3) is 0 Å². The number of rotatable bonds is 2. The summed E-state index contributed by atoms with van der Waals surface area (Å²) in [6.45, 7) is 1.86. The van der Waals surface area contributed by atoms with Crippen LogP contribution in [0.1, 0.15) is 60.5 Å². The summed E-state index contributed by atoms with van der Waals surface area (Å²) in [6, 6.07) is 0. The molecule has 1 aromatic heterocycles. The number of nitrogens with one attached hydrogen (secondary N) is 1. The van der Waals surface area contributed by atoms with E-state index in [-0.39, 0.29) is 11.1 Å². The quantitative estimate of drug-likeness (QED) is 0.859. The minimum absolute atomic E-state index is 0.0870. The van der Waals surface area contributed by atoms with Gasteiger partial charge in [0.15, 0.2) is 5.69 Å². The van der Waals surface area contributed by atoms with Gasteiger partial charge in [0.1, 0.15) is 5.82 Å². The number of nitrogens with zero attached hydrogens (tertiary/aromatic N) is 1. The fourth-order valence-corrected chi connectivity index (χ4v) is 5.45. The molecule has 4 aliphatic carbocycles. The summed E-state index contributed by atoms with van der Waals surface area (Å²) in [4.78, 5) is 18.9. The Hall–Kier alpha value is -1.32. The maximum Gasteiger partial charge on any atom is 0.356 e. The van der Waals surface area contributed by atoms with Crippen LogP contribution in [0.4, 0.5) is 0 Å². The van der Waals surface area contributed by atoms with E-state index >= 15 is 0 Å². The molecule has 4 fully saturated rings. The summed E-state index contributed by atoms with van der Waals surface area (Å²) in [5.74, 6) is 2.31. The van der Waals surface area contributed by atoms with Gasteiger partial charge in [-0.2, -0.15) is 0 Å². The van der Waals surface area contributed by atoms with Crippen LogP contribution in [0.2, 0.25) is 0 Å². The second-order valence-electron chi connectivity index (χ2n) is 7.05. The molecule has 0 unspecified atom stereocenters. The minimum Gasteiger partial charge on any atom is -0.476 e. The predicted octanol–water partition coefficient (Wildman–Crippen LogP) is 2.88. The number of aromatic amines is 1. The Bertz CT molecular complexity index is 511. The number of hydrogen-bond donors (Lipinski definition) is 2. The molecule has 0 aromatic carbocycles. The molecule has 1 heterocycles. The molecule has 0 atom stereocenters.